The summed E-state index contributed by atoms with van der Waals surface area (Å²) in [6.45, 7) is 7.06. The van der Waals surface area contributed by atoms with Gasteiger partial charge >= 0.3 is 0 Å². The Balaban J connectivity index is 2.75. The van der Waals surface area contributed by atoms with Crippen molar-refractivity contribution in [3.8, 4) is 5.75 Å². The number of hydrogen-bond acceptors (Lipinski definition) is 2. The van der Waals surface area contributed by atoms with Crippen LogP contribution in [0, 0.1) is 5.92 Å². The number of aromatic hydroxyl groups is 1. The zero-order valence-corrected chi connectivity index (χ0v) is 11.9. The minimum absolute atomic E-state index is 0.113. The Morgan fingerprint density at radius 2 is 1.94 bits per heavy atom. The van der Waals surface area contributed by atoms with Gasteiger partial charge in [0.05, 0.1) is 5.02 Å². The van der Waals surface area contributed by atoms with E-state index in [0.29, 0.717) is 28.5 Å². The number of benzene rings is 1. The minimum atomic E-state index is 0.113. The fourth-order valence-electron chi connectivity index (χ4n) is 1.85. The average Bonchev–Trinajstić information content (AvgIpc) is 2.25. The van der Waals surface area contributed by atoms with Crippen LogP contribution in [0.1, 0.15) is 32.8 Å². The smallest absolute Gasteiger partial charge is 0.138 e. The van der Waals surface area contributed by atoms with E-state index in [4.69, 9.17) is 23.2 Å². The Hall–Kier alpha value is -0.440. The topological polar surface area (TPSA) is 32.3 Å². The van der Waals surface area contributed by atoms with Gasteiger partial charge in [0, 0.05) is 23.2 Å². The highest BCUT2D eigenvalue weighted by Gasteiger charge is 2.13. The molecule has 2 N–H and O–H groups in total. The quantitative estimate of drug-likeness (QED) is 0.843. The largest absolute Gasteiger partial charge is 0.506 e. The van der Waals surface area contributed by atoms with Gasteiger partial charge < -0.3 is 10.4 Å². The van der Waals surface area contributed by atoms with E-state index in [1.165, 1.54) is 0 Å². The van der Waals surface area contributed by atoms with E-state index in [2.05, 4.69) is 26.1 Å². The summed E-state index contributed by atoms with van der Waals surface area (Å²) in [5.74, 6) is 0.666. The fraction of sp³-hybridized carbons (Fsp3) is 0.538. The highest BCUT2D eigenvalue weighted by Crippen LogP contribution is 2.31. The molecule has 1 aromatic rings. The summed E-state index contributed by atoms with van der Waals surface area (Å²) in [6, 6.07) is 3.71. The van der Waals surface area contributed by atoms with Crippen molar-refractivity contribution in [2.45, 2.75) is 39.8 Å². The Kier molecular flexibility index (Phi) is 5.57. The molecule has 0 aliphatic heterocycles. The molecule has 4 heteroatoms. The molecule has 1 atom stereocenters. The first-order valence-electron chi connectivity index (χ1n) is 5.86. The van der Waals surface area contributed by atoms with Crippen molar-refractivity contribution < 1.29 is 5.11 Å². The van der Waals surface area contributed by atoms with Crippen molar-refractivity contribution in [2.24, 2.45) is 5.92 Å². The zero-order chi connectivity index (χ0) is 13.0. The Morgan fingerprint density at radius 1 is 1.29 bits per heavy atom. The van der Waals surface area contributed by atoms with Crippen LogP contribution in [-0.2, 0) is 6.54 Å². The van der Waals surface area contributed by atoms with Gasteiger partial charge in [0.15, 0.2) is 0 Å². The predicted octanol–water partition coefficient (Wildman–Crippen LogP) is 4.22. The standard InChI is InChI=1S/C13H19Cl2NO/c1-4-12(8(2)3)16-7-9-5-10(14)6-11(15)13(9)17/h5-6,8,12,16-17H,4,7H2,1-3H3. The van der Waals surface area contributed by atoms with E-state index < -0.39 is 0 Å². The molecule has 17 heavy (non-hydrogen) atoms. The molecule has 1 aromatic carbocycles. The van der Waals surface area contributed by atoms with Gasteiger partial charge in [-0.3, -0.25) is 0 Å². The number of phenols is 1. The first-order chi connectivity index (χ1) is 7.95. The summed E-state index contributed by atoms with van der Waals surface area (Å²) in [6.07, 6.45) is 1.05. The second-order valence-corrected chi connectivity index (χ2v) is 5.38. The third kappa shape index (κ3) is 4.06. The van der Waals surface area contributed by atoms with Gasteiger partial charge in [-0.2, -0.15) is 0 Å². The third-order valence-electron chi connectivity index (χ3n) is 2.91. The van der Waals surface area contributed by atoms with Gasteiger partial charge in [0.1, 0.15) is 5.75 Å². The van der Waals surface area contributed by atoms with Gasteiger partial charge in [0.2, 0.25) is 0 Å². The van der Waals surface area contributed by atoms with E-state index in [9.17, 15) is 5.11 Å². The molecule has 0 saturated carbocycles. The minimum Gasteiger partial charge on any atom is -0.506 e. The number of rotatable bonds is 5. The third-order valence-corrected chi connectivity index (χ3v) is 3.41. The van der Waals surface area contributed by atoms with Crippen LogP contribution in [0.5, 0.6) is 5.75 Å². The van der Waals surface area contributed by atoms with Gasteiger partial charge in [-0.15, -0.1) is 0 Å². The zero-order valence-electron chi connectivity index (χ0n) is 10.4. The first-order valence-corrected chi connectivity index (χ1v) is 6.61. The molecule has 0 aromatic heterocycles. The molecule has 1 rings (SSSR count). The molecular weight excluding hydrogens is 257 g/mol. The van der Waals surface area contributed by atoms with Crippen molar-refractivity contribution in [2.75, 3.05) is 0 Å². The SMILES string of the molecule is CCC(NCc1cc(Cl)cc(Cl)c1O)C(C)C. The first kappa shape index (κ1) is 14.6. The monoisotopic (exact) mass is 275 g/mol. The molecule has 0 spiro atoms. The van der Waals surface area contributed by atoms with E-state index in [1.807, 2.05) is 0 Å². The van der Waals surface area contributed by atoms with Crippen LogP contribution >= 0.6 is 23.2 Å². The summed E-state index contributed by atoms with van der Waals surface area (Å²) < 4.78 is 0. The second kappa shape index (κ2) is 6.48. The Bertz CT molecular complexity index is 380. The van der Waals surface area contributed by atoms with Gasteiger partial charge in [-0.05, 0) is 24.5 Å². The summed E-state index contributed by atoms with van der Waals surface area (Å²) in [5, 5.41) is 14.1. The molecule has 0 bridgehead atoms. The van der Waals surface area contributed by atoms with E-state index in [1.54, 1.807) is 12.1 Å². The van der Waals surface area contributed by atoms with Gasteiger partial charge in [0.25, 0.3) is 0 Å². The highest BCUT2D eigenvalue weighted by molar-refractivity contribution is 6.35. The molecule has 0 fully saturated rings. The van der Waals surface area contributed by atoms with Crippen LogP contribution in [0.4, 0.5) is 0 Å². The van der Waals surface area contributed by atoms with E-state index >= 15 is 0 Å². The van der Waals surface area contributed by atoms with Crippen molar-refractivity contribution in [3.63, 3.8) is 0 Å². The lowest BCUT2D eigenvalue weighted by molar-refractivity contribution is 0.382. The van der Waals surface area contributed by atoms with Gasteiger partial charge in [-0.1, -0.05) is 44.0 Å². The Morgan fingerprint density at radius 3 is 2.47 bits per heavy atom. The molecule has 0 aliphatic carbocycles. The van der Waals surface area contributed by atoms with Crippen molar-refractivity contribution in [1.82, 2.24) is 5.32 Å². The number of nitrogens with one attached hydrogen (secondary N) is 1. The van der Waals surface area contributed by atoms with Gasteiger partial charge in [-0.25, -0.2) is 0 Å². The number of halogens is 2. The maximum atomic E-state index is 9.82. The van der Waals surface area contributed by atoms with Crippen LogP contribution in [-0.4, -0.2) is 11.1 Å². The molecular formula is C13H19Cl2NO. The lowest BCUT2D eigenvalue weighted by atomic mass is 10.0. The maximum Gasteiger partial charge on any atom is 0.138 e. The molecule has 0 heterocycles. The summed E-state index contributed by atoms with van der Waals surface area (Å²) in [5.41, 5.74) is 0.738. The summed E-state index contributed by atoms with van der Waals surface area (Å²) in [4.78, 5) is 0. The second-order valence-electron chi connectivity index (χ2n) is 4.54. The van der Waals surface area contributed by atoms with Crippen LogP contribution in [0.15, 0.2) is 12.1 Å². The average molecular weight is 276 g/mol. The lowest BCUT2D eigenvalue weighted by Crippen LogP contribution is -2.32. The highest BCUT2D eigenvalue weighted by atomic mass is 35.5. The fourth-order valence-corrected chi connectivity index (χ4v) is 2.38. The molecule has 0 amide bonds. The maximum absolute atomic E-state index is 9.82. The molecule has 96 valence electrons. The van der Waals surface area contributed by atoms with Crippen LogP contribution in [0.3, 0.4) is 0 Å². The lowest BCUT2D eigenvalue weighted by Gasteiger charge is -2.21. The summed E-state index contributed by atoms with van der Waals surface area (Å²) >= 11 is 11.8. The molecule has 0 saturated heterocycles. The summed E-state index contributed by atoms with van der Waals surface area (Å²) in [7, 11) is 0. The molecule has 2 nitrogen and oxygen atoms in total. The van der Waals surface area contributed by atoms with Crippen molar-refractivity contribution in [3.05, 3.63) is 27.7 Å². The van der Waals surface area contributed by atoms with Crippen LogP contribution in [0.25, 0.3) is 0 Å². The van der Waals surface area contributed by atoms with Crippen LogP contribution < -0.4 is 5.32 Å². The normalized spacial score (nSPS) is 13.1. The van der Waals surface area contributed by atoms with E-state index in [0.717, 1.165) is 12.0 Å². The number of hydrogen-bond donors (Lipinski definition) is 2. The molecule has 0 radical (unpaired) electrons. The Labute approximate surface area is 113 Å². The molecule has 1 unspecified atom stereocenters. The molecule has 0 aliphatic rings. The van der Waals surface area contributed by atoms with E-state index in [-0.39, 0.29) is 5.75 Å². The number of phenolic OH excluding ortho intramolecular Hbond substituents is 1. The predicted molar refractivity (Wildman–Crippen MR) is 73.9 cm³/mol. The van der Waals surface area contributed by atoms with Crippen LogP contribution in [0.2, 0.25) is 10.0 Å². The van der Waals surface area contributed by atoms with Crippen molar-refractivity contribution >= 4 is 23.2 Å². The van der Waals surface area contributed by atoms with Crippen molar-refractivity contribution in [1.29, 1.82) is 0 Å².